The molecule has 0 unspecified atom stereocenters. The van der Waals surface area contributed by atoms with Gasteiger partial charge in [-0.1, -0.05) is 35.6 Å². The molecule has 0 spiro atoms. The predicted octanol–water partition coefficient (Wildman–Crippen LogP) is 3.32. The molecule has 25 heavy (non-hydrogen) atoms. The van der Waals surface area contributed by atoms with Gasteiger partial charge in [-0.15, -0.1) is 0 Å². The normalized spacial score (nSPS) is 30.5. The molecule has 1 aliphatic carbocycles. The van der Waals surface area contributed by atoms with Crippen molar-refractivity contribution in [2.24, 2.45) is 10.3 Å². The Balaban J connectivity index is 1.53. The first kappa shape index (κ1) is 16.3. The molecule has 2 saturated heterocycles. The van der Waals surface area contributed by atoms with E-state index in [4.69, 9.17) is 9.57 Å². The van der Waals surface area contributed by atoms with Crippen LogP contribution in [0.1, 0.15) is 39.2 Å². The number of carbonyl (C=O) groups excluding carboxylic acids is 1. The maximum atomic E-state index is 12.6. The number of ether oxygens (including phenoxy) is 1. The number of hydroxylamine groups is 2. The molecular formula is C18H24N4O3. The Kier molecular flexibility index (Phi) is 3.91. The first-order valence-electron chi connectivity index (χ1n) is 8.83. The van der Waals surface area contributed by atoms with E-state index in [1.807, 2.05) is 44.0 Å². The van der Waals surface area contributed by atoms with Gasteiger partial charge in [0.05, 0.1) is 18.6 Å². The summed E-state index contributed by atoms with van der Waals surface area (Å²) in [4.78, 5) is 18.4. The maximum Gasteiger partial charge on any atom is 0.434 e. The van der Waals surface area contributed by atoms with E-state index >= 15 is 0 Å². The molecule has 7 heteroatoms. The summed E-state index contributed by atoms with van der Waals surface area (Å²) in [7, 11) is 0. The highest BCUT2D eigenvalue weighted by molar-refractivity contribution is 5.67. The van der Waals surface area contributed by atoms with Crippen molar-refractivity contribution < 1.29 is 14.4 Å². The lowest BCUT2D eigenvalue weighted by Crippen LogP contribution is -2.67. The zero-order valence-corrected chi connectivity index (χ0v) is 14.8. The predicted molar refractivity (Wildman–Crippen MR) is 90.4 cm³/mol. The average molecular weight is 344 g/mol. The molecule has 1 saturated carbocycles. The Hall–Kier alpha value is -2.15. The van der Waals surface area contributed by atoms with Crippen LogP contribution in [0.3, 0.4) is 0 Å². The molecule has 0 N–H and O–H groups in total. The molecule has 3 aliphatic heterocycles. The Morgan fingerprint density at radius 1 is 1.28 bits per heavy atom. The van der Waals surface area contributed by atoms with Crippen molar-refractivity contribution in [3.05, 3.63) is 35.9 Å². The number of hydrogen-bond acceptors (Lipinski definition) is 6. The van der Waals surface area contributed by atoms with Gasteiger partial charge in [-0.05, 0) is 39.2 Å². The van der Waals surface area contributed by atoms with Crippen LogP contribution in [0.2, 0.25) is 0 Å². The topological polar surface area (TPSA) is 66.7 Å². The van der Waals surface area contributed by atoms with E-state index in [0.29, 0.717) is 6.54 Å². The number of nitrogens with zero attached hydrogens (tertiary/aromatic N) is 4. The van der Waals surface area contributed by atoms with Gasteiger partial charge < -0.3 is 4.74 Å². The minimum Gasteiger partial charge on any atom is -0.442 e. The molecule has 1 aromatic rings. The third-order valence-corrected chi connectivity index (χ3v) is 4.83. The van der Waals surface area contributed by atoms with E-state index in [2.05, 4.69) is 22.5 Å². The Labute approximate surface area is 147 Å². The fourth-order valence-electron chi connectivity index (χ4n) is 3.82. The summed E-state index contributed by atoms with van der Waals surface area (Å²) in [5, 5.41) is 12.2. The number of fused-ring (bicyclic) bond motifs is 2. The smallest absolute Gasteiger partial charge is 0.434 e. The summed E-state index contributed by atoms with van der Waals surface area (Å²) in [5.74, 6) is 0. The molecule has 4 aliphatic rings. The lowest BCUT2D eigenvalue weighted by atomic mass is 9.82. The first-order chi connectivity index (χ1) is 11.9. The van der Waals surface area contributed by atoms with E-state index in [1.54, 1.807) is 0 Å². The van der Waals surface area contributed by atoms with E-state index < -0.39 is 11.7 Å². The van der Waals surface area contributed by atoms with Gasteiger partial charge in [0.2, 0.25) is 0 Å². The quantitative estimate of drug-likeness (QED) is 0.825. The summed E-state index contributed by atoms with van der Waals surface area (Å²) in [6.45, 7) is 6.25. The second-order valence-electron chi connectivity index (χ2n) is 7.86. The standard InChI is InChI=1S/C18H24N4O3/c1-18(2,3)24-17(23)22-13-9-10-14(25-22)15-16(13)21(20-19-15)11-12-7-5-4-6-8-12/h4-8,13-16H,9-11H2,1-3H3/t13-,14+,15-,16+/m1/s1. The molecule has 0 radical (unpaired) electrons. The molecule has 4 atom stereocenters. The molecule has 7 nitrogen and oxygen atoms in total. The number of carbonyl (C=O) groups is 1. The van der Waals surface area contributed by atoms with Crippen LogP contribution in [0.15, 0.2) is 40.7 Å². The minimum absolute atomic E-state index is 0.0128. The van der Waals surface area contributed by atoms with Gasteiger partial charge in [0.25, 0.3) is 0 Å². The Morgan fingerprint density at radius 2 is 2.04 bits per heavy atom. The van der Waals surface area contributed by atoms with E-state index in [-0.39, 0.29) is 24.2 Å². The number of rotatable bonds is 2. The van der Waals surface area contributed by atoms with Crippen LogP contribution in [0.25, 0.3) is 0 Å². The molecule has 1 aromatic carbocycles. The van der Waals surface area contributed by atoms with E-state index in [1.165, 1.54) is 10.6 Å². The lowest BCUT2D eigenvalue weighted by molar-refractivity contribution is -0.273. The lowest BCUT2D eigenvalue weighted by Gasteiger charge is -2.50. The van der Waals surface area contributed by atoms with Crippen LogP contribution >= 0.6 is 0 Å². The molecule has 0 aromatic heterocycles. The van der Waals surface area contributed by atoms with Crippen LogP contribution in [0.5, 0.6) is 0 Å². The van der Waals surface area contributed by atoms with Gasteiger partial charge in [0, 0.05) is 0 Å². The van der Waals surface area contributed by atoms with E-state index in [9.17, 15) is 4.79 Å². The number of benzene rings is 1. The first-order valence-corrected chi connectivity index (χ1v) is 8.83. The maximum absolute atomic E-state index is 12.6. The van der Waals surface area contributed by atoms with Crippen LogP contribution in [0.4, 0.5) is 4.79 Å². The van der Waals surface area contributed by atoms with Crippen molar-refractivity contribution in [2.45, 2.75) is 70.0 Å². The van der Waals surface area contributed by atoms with Crippen LogP contribution in [-0.4, -0.2) is 46.0 Å². The monoisotopic (exact) mass is 344 g/mol. The van der Waals surface area contributed by atoms with Gasteiger partial charge >= 0.3 is 6.09 Å². The molecule has 2 bridgehead atoms. The zero-order valence-electron chi connectivity index (χ0n) is 14.8. The molecule has 3 fully saturated rings. The van der Waals surface area contributed by atoms with Crippen molar-refractivity contribution in [1.82, 2.24) is 10.1 Å². The third kappa shape index (κ3) is 3.08. The Bertz CT molecular complexity index is 673. The van der Waals surface area contributed by atoms with Crippen molar-refractivity contribution in [1.29, 1.82) is 0 Å². The molecule has 5 rings (SSSR count). The summed E-state index contributed by atoms with van der Waals surface area (Å²) in [6.07, 6.45) is 1.23. The minimum atomic E-state index is -0.551. The number of amides is 1. The molecule has 1 amide bonds. The summed E-state index contributed by atoms with van der Waals surface area (Å²) < 4.78 is 5.51. The van der Waals surface area contributed by atoms with Crippen LogP contribution in [-0.2, 0) is 16.1 Å². The second kappa shape index (κ2) is 5.98. The summed E-state index contributed by atoms with van der Waals surface area (Å²) in [5.41, 5.74) is 0.623. The van der Waals surface area contributed by atoms with Gasteiger partial charge in [-0.25, -0.2) is 4.79 Å². The van der Waals surface area contributed by atoms with Crippen LogP contribution < -0.4 is 0 Å². The summed E-state index contributed by atoms with van der Waals surface area (Å²) >= 11 is 0. The van der Waals surface area contributed by atoms with Crippen molar-refractivity contribution in [3.63, 3.8) is 0 Å². The fraction of sp³-hybridized carbons (Fsp3) is 0.611. The fourth-order valence-corrected chi connectivity index (χ4v) is 3.82. The van der Waals surface area contributed by atoms with Gasteiger partial charge in [-0.3, -0.25) is 9.85 Å². The Morgan fingerprint density at radius 3 is 2.76 bits per heavy atom. The highest BCUT2D eigenvalue weighted by atomic mass is 16.7. The molecule has 3 heterocycles. The van der Waals surface area contributed by atoms with Gasteiger partial charge in [0.1, 0.15) is 17.7 Å². The van der Waals surface area contributed by atoms with E-state index in [0.717, 1.165) is 12.8 Å². The molecule has 134 valence electrons. The van der Waals surface area contributed by atoms with Gasteiger partial charge in [0.15, 0.2) is 0 Å². The highest BCUT2D eigenvalue weighted by Crippen LogP contribution is 2.41. The number of hydrogen-bond donors (Lipinski definition) is 0. The van der Waals surface area contributed by atoms with Crippen molar-refractivity contribution in [3.8, 4) is 0 Å². The zero-order chi connectivity index (χ0) is 17.6. The largest absolute Gasteiger partial charge is 0.442 e. The SMILES string of the molecule is CC(C)(C)OC(=O)N1O[C@H]2CC[C@@H]1[C@H]1[C@@H]2N=NN1Cc1ccccc1. The summed E-state index contributed by atoms with van der Waals surface area (Å²) in [6, 6.07) is 10.1. The average Bonchev–Trinajstić information content (AvgIpc) is 3.00. The third-order valence-electron chi connectivity index (χ3n) is 4.83. The molecular weight excluding hydrogens is 320 g/mol. The van der Waals surface area contributed by atoms with Crippen molar-refractivity contribution in [2.75, 3.05) is 0 Å². The van der Waals surface area contributed by atoms with Gasteiger partial charge in [-0.2, -0.15) is 10.2 Å². The highest BCUT2D eigenvalue weighted by Gasteiger charge is 2.56. The van der Waals surface area contributed by atoms with Crippen molar-refractivity contribution >= 4 is 6.09 Å². The van der Waals surface area contributed by atoms with Crippen LogP contribution in [0, 0.1) is 0 Å². The second-order valence-corrected chi connectivity index (χ2v) is 7.86.